The summed E-state index contributed by atoms with van der Waals surface area (Å²) in [7, 11) is 1.68. The molecule has 4 rings (SSSR count). The van der Waals surface area contributed by atoms with Crippen LogP contribution in [0.5, 0.6) is 5.75 Å². The summed E-state index contributed by atoms with van der Waals surface area (Å²) < 4.78 is 5.34. The number of nitrogens with zero attached hydrogens (tertiary/aromatic N) is 1. The van der Waals surface area contributed by atoms with Crippen LogP contribution in [0.3, 0.4) is 0 Å². The van der Waals surface area contributed by atoms with Gasteiger partial charge in [-0.2, -0.15) is 0 Å². The minimum Gasteiger partial charge on any atom is -0.497 e. The molecule has 2 aliphatic rings. The van der Waals surface area contributed by atoms with Crippen molar-refractivity contribution >= 4 is 0 Å². The van der Waals surface area contributed by atoms with Crippen LogP contribution in [0.1, 0.15) is 36.8 Å². The maximum Gasteiger partial charge on any atom is 0.119 e. The Morgan fingerprint density at radius 2 is 1.75 bits per heavy atom. The van der Waals surface area contributed by atoms with Gasteiger partial charge in [0.25, 0.3) is 0 Å². The van der Waals surface area contributed by atoms with Crippen LogP contribution in [0.15, 0.2) is 54.6 Å². The average molecular weight is 323 g/mol. The molecule has 0 amide bonds. The molecule has 0 spiro atoms. The molecule has 2 bridgehead atoms. The Morgan fingerprint density at radius 3 is 2.42 bits per heavy atom. The summed E-state index contributed by atoms with van der Waals surface area (Å²) in [5.41, 5.74) is 1.63. The Bertz CT molecular complexity index is 686. The molecule has 3 heteroatoms. The van der Waals surface area contributed by atoms with Gasteiger partial charge in [-0.25, -0.2) is 0 Å². The van der Waals surface area contributed by atoms with Crippen molar-refractivity contribution in [2.75, 3.05) is 7.11 Å². The Hall–Kier alpha value is -1.84. The van der Waals surface area contributed by atoms with Gasteiger partial charge in [0, 0.05) is 18.6 Å². The zero-order valence-corrected chi connectivity index (χ0v) is 14.2. The Kier molecular flexibility index (Phi) is 4.07. The minimum atomic E-state index is -0.729. The lowest BCUT2D eigenvalue weighted by atomic mass is 9.80. The number of fused-ring (bicyclic) bond motifs is 2. The van der Waals surface area contributed by atoms with E-state index in [-0.39, 0.29) is 0 Å². The number of hydrogen-bond acceptors (Lipinski definition) is 3. The average Bonchev–Trinajstić information content (AvgIpc) is 2.86. The van der Waals surface area contributed by atoms with Crippen LogP contribution < -0.4 is 4.74 Å². The van der Waals surface area contributed by atoms with Crippen molar-refractivity contribution in [1.29, 1.82) is 0 Å². The Morgan fingerprint density at radius 1 is 1.04 bits per heavy atom. The number of rotatable bonds is 4. The normalized spacial score (nSPS) is 29.6. The van der Waals surface area contributed by atoms with E-state index in [1.807, 2.05) is 24.3 Å². The van der Waals surface area contributed by atoms with Crippen molar-refractivity contribution in [3.05, 3.63) is 65.7 Å². The number of hydrogen-bond donors (Lipinski definition) is 1. The molecule has 1 N–H and O–H groups in total. The van der Waals surface area contributed by atoms with E-state index < -0.39 is 5.60 Å². The highest BCUT2D eigenvalue weighted by atomic mass is 16.5. The van der Waals surface area contributed by atoms with Gasteiger partial charge < -0.3 is 9.84 Å². The van der Waals surface area contributed by atoms with Crippen LogP contribution in [0.25, 0.3) is 0 Å². The van der Waals surface area contributed by atoms with Gasteiger partial charge in [0.2, 0.25) is 0 Å². The number of ether oxygens (including phenoxy) is 1. The highest BCUT2D eigenvalue weighted by molar-refractivity contribution is 5.33. The fourth-order valence-electron chi connectivity index (χ4n) is 4.52. The molecule has 0 aliphatic carbocycles. The largest absolute Gasteiger partial charge is 0.497 e. The quantitative estimate of drug-likeness (QED) is 0.931. The van der Waals surface area contributed by atoms with Gasteiger partial charge >= 0.3 is 0 Å². The minimum absolute atomic E-state index is 0.458. The number of benzene rings is 2. The summed E-state index contributed by atoms with van der Waals surface area (Å²) in [6.45, 7) is 0.990. The molecule has 2 heterocycles. The van der Waals surface area contributed by atoms with Gasteiger partial charge in [0.15, 0.2) is 0 Å². The molecule has 0 aromatic heterocycles. The molecular formula is C21H25NO2. The summed E-state index contributed by atoms with van der Waals surface area (Å²) in [4.78, 5) is 2.60. The van der Waals surface area contributed by atoms with E-state index >= 15 is 0 Å². The van der Waals surface area contributed by atoms with E-state index in [1.54, 1.807) is 7.11 Å². The number of piperidine rings is 1. The standard InChI is InChI=1S/C21H25NO2/c1-24-20-9-5-8-17(12-20)21(23)13-18-10-11-19(14-21)22(18)15-16-6-3-2-4-7-16/h2-9,12,18-19,23H,10-11,13-15H2,1H3. The summed E-state index contributed by atoms with van der Waals surface area (Å²) >= 11 is 0. The first-order valence-corrected chi connectivity index (χ1v) is 8.84. The van der Waals surface area contributed by atoms with Crippen LogP contribution in [0.4, 0.5) is 0 Å². The third-order valence-electron chi connectivity index (χ3n) is 5.73. The van der Waals surface area contributed by atoms with E-state index in [4.69, 9.17) is 4.74 Å². The van der Waals surface area contributed by atoms with Crippen molar-refractivity contribution in [2.45, 2.75) is 49.9 Å². The van der Waals surface area contributed by atoms with Crippen LogP contribution in [-0.2, 0) is 12.1 Å². The summed E-state index contributed by atoms with van der Waals surface area (Å²) in [6, 6.07) is 19.5. The van der Waals surface area contributed by atoms with Crippen molar-refractivity contribution in [2.24, 2.45) is 0 Å². The maximum absolute atomic E-state index is 11.3. The van der Waals surface area contributed by atoms with Crippen molar-refractivity contribution in [3.63, 3.8) is 0 Å². The first kappa shape index (κ1) is 15.7. The van der Waals surface area contributed by atoms with E-state index in [9.17, 15) is 5.11 Å². The van der Waals surface area contributed by atoms with E-state index in [1.165, 1.54) is 18.4 Å². The highest BCUT2D eigenvalue weighted by Crippen LogP contribution is 2.46. The monoisotopic (exact) mass is 323 g/mol. The second kappa shape index (κ2) is 6.23. The van der Waals surface area contributed by atoms with E-state index in [2.05, 4.69) is 35.2 Å². The first-order valence-electron chi connectivity index (χ1n) is 8.84. The zero-order chi connectivity index (χ0) is 16.6. The van der Waals surface area contributed by atoms with Crippen molar-refractivity contribution in [3.8, 4) is 5.75 Å². The second-order valence-corrected chi connectivity index (χ2v) is 7.21. The molecule has 2 saturated heterocycles. The number of methoxy groups -OCH3 is 1. The molecule has 2 atom stereocenters. The lowest BCUT2D eigenvalue weighted by Crippen LogP contribution is -2.49. The highest BCUT2D eigenvalue weighted by Gasteiger charge is 2.48. The van der Waals surface area contributed by atoms with Gasteiger partial charge in [0.05, 0.1) is 12.7 Å². The zero-order valence-electron chi connectivity index (χ0n) is 14.2. The van der Waals surface area contributed by atoms with Crippen LogP contribution >= 0.6 is 0 Å². The van der Waals surface area contributed by atoms with Gasteiger partial charge in [-0.05, 0) is 48.9 Å². The lowest BCUT2D eigenvalue weighted by Gasteiger charge is -2.44. The van der Waals surface area contributed by atoms with Gasteiger partial charge in [-0.3, -0.25) is 4.90 Å². The van der Waals surface area contributed by atoms with Crippen LogP contribution in [0.2, 0.25) is 0 Å². The molecule has 126 valence electrons. The molecule has 24 heavy (non-hydrogen) atoms. The molecule has 0 radical (unpaired) electrons. The molecule has 2 fully saturated rings. The number of aliphatic hydroxyl groups is 1. The molecule has 2 aromatic rings. The van der Waals surface area contributed by atoms with Crippen molar-refractivity contribution < 1.29 is 9.84 Å². The smallest absolute Gasteiger partial charge is 0.119 e. The Balaban J connectivity index is 1.55. The first-order chi connectivity index (χ1) is 11.7. The molecule has 2 aromatic carbocycles. The SMILES string of the molecule is COc1cccc(C2(O)CC3CCC(C2)N3Cc2ccccc2)c1. The third-order valence-corrected chi connectivity index (χ3v) is 5.73. The molecule has 3 nitrogen and oxygen atoms in total. The van der Waals surface area contributed by atoms with Gasteiger partial charge in [-0.15, -0.1) is 0 Å². The predicted octanol–water partition coefficient (Wildman–Crippen LogP) is 3.71. The van der Waals surface area contributed by atoms with Crippen molar-refractivity contribution in [1.82, 2.24) is 4.90 Å². The fraction of sp³-hybridized carbons (Fsp3) is 0.429. The van der Waals surface area contributed by atoms with Crippen LogP contribution in [-0.4, -0.2) is 29.2 Å². The summed E-state index contributed by atoms with van der Waals surface area (Å²) in [5.74, 6) is 0.819. The summed E-state index contributed by atoms with van der Waals surface area (Å²) in [5, 5.41) is 11.3. The molecular weight excluding hydrogens is 298 g/mol. The Labute approximate surface area is 143 Å². The third kappa shape index (κ3) is 2.83. The topological polar surface area (TPSA) is 32.7 Å². The maximum atomic E-state index is 11.3. The molecule has 2 aliphatic heterocycles. The second-order valence-electron chi connectivity index (χ2n) is 7.21. The van der Waals surface area contributed by atoms with E-state index in [0.29, 0.717) is 12.1 Å². The predicted molar refractivity (Wildman–Crippen MR) is 94.9 cm³/mol. The molecule has 2 unspecified atom stereocenters. The fourth-order valence-corrected chi connectivity index (χ4v) is 4.52. The molecule has 0 saturated carbocycles. The van der Waals surface area contributed by atoms with Crippen LogP contribution in [0, 0.1) is 0 Å². The van der Waals surface area contributed by atoms with Gasteiger partial charge in [-0.1, -0.05) is 42.5 Å². The lowest BCUT2D eigenvalue weighted by molar-refractivity contribution is -0.0596. The summed E-state index contributed by atoms with van der Waals surface area (Å²) in [6.07, 6.45) is 3.99. The van der Waals surface area contributed by atoms with Gasteiger partial charge in [0.1, 0.15) is 5.75 Å². The van der Waals surface area contributed by atoms with E-state index in [0.717, 1.165) is 30.7 Å².